The molecule has 0 radical (unpaired) electrons. The van der Waals surface area contributed by atoms with Crippen LogP contribution in [-0.4, -0.2) is 31.6 Å². The SMILES string of the molecule is O=C1COCC(=O)N1c1ccc2c(c1)CCCN2. The average molecular weight is 246 g/mol. The highest BCUT2D eigenvalue weighted by atomic mass is 16.5. The molecule has 94 valence electrons. The number of morpholine rings is 1. The molecule has 0 spiro atoms. The first-order chi connectivity index (χ1) is 8.75. The number of hydrogen-bond acceptors (Lipinski definition) is 4. The highest BCUT2D eigenvalue weighted by Crippen LogP contribution is 2.27. The van der Waals surface area contributed by atoms with Gasteiger partial charge in [0.2, 0.25) is 0 Å². The summed E-state index contributed by atoms with van der Waals surface area (Å²) in [7, 11) is 0. The zero-order valence-corrected chi connectivity index (χ0v) is 9.94. The maximum atomic E-state index is 11.7. The summed E-state index contributed by atoms with van der Waals surface area (Å²) in [6.07, 6.45) is 2.05. The number of aryl methyl sites for hydroxylation is 1. The minimum absolute atomic E-state index is 0.0267. The summed E-state index contributed by atoms with van der Waals surface area (Å²) in [5.74, 6) is -0.593. The van der Waals surface area contributed by atoms with Gasteiger partial charge in [-0.3, -0.25) is 9.59 Å². The van der Waals surface area contributed by atoms with Gasteiger partial charge in [0.1, 0.15) is 13.2 Å². The van der Waals surface area contributed by atoms with Crippen LogP contribution in [0.2, 0.25) is 0 Å². The van der Waals surface area contributed by atoms with E-state index in [1.807, 2.05) is 12.1 Å². The molecule has 1 aromatic carbocycles. The van der Waals surface area contributed by atoms with Gasteiger partial charge in [0.05, 0.1) is 5.69 Å². The van der Waals surface area contributed by atoms with Crippen LogP contribution in [0, 0.1) is 0 Å². The Balaban J connectivity index is 1.96. The molecular formula is C13H14N2O3. The van der Waals surface area contributed by atoms with Crippen molar-refractivity contribution in [3.63, 3.8) is 0 Å². The Bertz CT molecular complexity index is 497. The smallest absolute Gasteiger partial charge is 0.259 e. The fraction of sp³-hybridized carbons (Fsp3) is 0.385. The number of rotatable bonds is 1. The molecule has 1 fully saturated rings. The average Bonchev–Trinajstić information content (AvgIpc) is 2.38. The van der Waals surface area contributed by atoms with E-state index in [2.05, 4.69) is 5.32 Å². The first-order valence-corrected chi connectivity index (χ1v) is 6.06. The Kier molecular flexibility index (Phi) is 2.76. The molecule has 2 heterocycles. The molecule has 2 aliphatic rings. The number of benzene rings is 1. The van der Waals surface area contributed by atoms with Crippen LogP contribution in [-0.2, 0) is 20.7 Å². The number of ether oxygens (including phenoxy) is 1. The molecule has 1 saturated heterocycles. The van der Waals surface area contributed by atoms with Gasteiger partial charge in [0.25, 0.3) is 11.8 Å². The standard InChI is InChI=1S/C13H14N2O3/c16-12-7-18-8-13(17)15(12)10-3-4-11-9(6-10)2-1-5-14-11/h3-4,6,14H,1-2,5,7-8H2. The van der Waals surface area contributed by atoms with E-state index in [0.717, 1.165) is 30.6 Å². The Morgan fingerprint density at radius 2 is 1.94 bits per heavy atom. The van der Waals surface area contributed by atoms with E-state index in [-0.39, 0.29) is 25.0 Å². The van der Waals surface area contributed by atoms with Crippen molar-refractivity contribution in [1.29, 1.82) is 0 Å². The largest absolute Gasteiger partial charge is 0.385 e. The van der Waals surface area contributed by atoms with E-state index in [1.54, 1.807) is 6.07 Å². The third kappa shape index (κ3) is 1.86. The third-order valence-corrected chi connectivity index (χ3v) is 3.24. The fourth-order valence-corrected chi connectivity index (χ4v) is 2.38. The van der Waals surface area contributed by atoms with Gasteiger partial charge in [-0.15, -0.1) is 0 Å². The highest BCUT2D eigenvalue weighted by molar-refractivity contribution is 6.17. The molecular weight excluding hydrogens is 232 g/mol. The van der Waals surface area contributed by atoms with E-state index in [9.17, 15) is 9.59 Å². The zero-order chi connectivity index (χ0) is 12.5. The molecule has 0 saturated carbocycles. The van der Waals surface area contributed by atoms with E-state index in [4.69, 9.17) is 4.74 Å². The Morgan fingerprint density at radius 1 is 1.17 bits per heavy atom. The number of nitrogens with one attached hydrogen (secondary N) is 1. The van der Waals surface area contributed by atoms with Crippen LogP contribution in [0.1, 0.15) is 12.0 Å². The first kappa shape index (κ1) is 11.2. The molecule has 0 atom stereocenters. The van der Waals surface area contributed by atoms with Gasteiger partial charge in [-0.1, -0.05) is 0 Å². The molecule has 0 bridgehead atoms. The van der Waals surface area contributed by atoms with Crippen molar-refractivity contribution in [2.75, 3.05) is 30.0 Å². The fourth-order valence-electron chi connectivity index (χ4n) is 2.38. The number of fused-ring (bicyclic) bond motifs is 1. The summed E-state index contributed by atoms with van der Waals surface area (Å²) in [5, 5.41) is 3.30. The second-order valence-corrected chi connectivity index (χ2v) is 4.49. The second-order valence-electron chi connectivity index (χ2n) is 4.49. The predicted octanol–water partition coefficient (Wildman–Crippen LogP) is 0.934. The van der Waals surface area contributed by atoms with Crippen molar-refractivity contribution in [3.8, 4) is 0 Å². The van der Waals surface area contributed by atoms with Crippen LogP contribution in [0.15, 0.2) is 18.2 Å². The molecule has 0 aromatic heterocycles. The van der Waals surface area contributed by atoms with E-state index in [0.29, 0.717) is 5.69 Å². The summed E-state index contributed by atoms with van der Waals surface area (Å²) in [6, 6.07) is 5.65. The number of nitrogens with zero attached hydrogens (tertiary/aromatic N) is 1. The molecule has 0 aliphatic carbocycles. The van der Waals surface area contributed by atoms with Crippen molar-refractivity contribution < 1.29 is 14.3 Å². The summed E-state index contributed by atoms with van der Waals surface area (Å²) in [6.45, 7) is 0.921. The topological polar surface area (TPSA) is 58.6 Å². The number of imide groups is 1. The zero-order valence-electron chi connectivity index (χ0n) is 9.94. The highest BCUT2D eigenvalue weighted by Gasteiger charge is 2.28. The quantitative estimate of drug-likeness (QED) is 0.749. The van der Waals surface area contributed by atoms with Crippen LogP contribution >= 0.6 is 0 Å². The molecule has 1 N–H and O–H groups in total. The predicted molar refractivity (Wildman–Crippen MR) is 66.6 cm³/mol. The number of amides is 2. The number of hydrogen-bond donors (Lipinski definition) is 1. The van der Waals surface area contributed by atoms with Gasteiger partial charge in [-0.05, 0) is 36.6 Å². The Labute approximate surface area is 105 Å². The molecule has 2 aliphatic heterocycles. The molecule has 5 heteroatoms. The van der Waals surface area contributed by atoms with Gasteiger partial charge in [-0.2, -0.15) is 0 Å². The maximum absolute atomic E-state index is 11.7. The minimum Gasteiger partial charge on any atom is -0.385 e. The van der Waals surface area contributed by atoms with Gasteiger partial charge >= 0.3 is 0 Å². The van der Waals surface area contributed by atoms with Crippen LogP contribution in [0.4, 0.5) is 11.4 Å². The Morgan fingerprint density at radius 3 is 2.72 bits per heavy atom. The maximum Gasteiger partial charge on any atom is 0.259 e. The molecule has 3 rings (SSSR count). The van der Waals surface area contributed by atoms with Crippen LogP contribution in [0.25, 0.3) is 0 Å². The van der Waals surface area contributed by atoms with Crippen LogP contribution < -0.4 is 10.2 Å². The normalized spacial score (nSPS) is 19.4. The van der Waals surface area contributed by atoms with Crippen molar-refractivity contribution in [1.82, 2.24) is 0 Å². The monoisotopic (exact) mass is 246 g/mol. The van der Waals surface area contributed by atoms with E-state index >= 15 is 0 Å². The van der Waals surface area contributed by atoms with Crippen molar-refractivity contribution >= 4 is 23.2 Å². The van der Waals surface area contributed by atoms with Crippen molar-refractivity contribution in [3.05, 3.63) is 23.8 Å². The van der Waals surface area contributed by atoms with Crippen molar-refractivity contribution in [2.45, 2.75) is 12.8 Å². The second kappa shape index (κ2) is 4.42. The summed E-state index contributed by atoms with van der Waals surface area (Å²) >= 11 is 0. The molecule has 5 nitrogen and oxygen atoms in total. The number of anilines is 2. The Hall–Kier alpha value is -1.88. The van der Waals surface area contributed by atoms with Gasteiger partial charge in [0.15, 0.2) is 0 Å². The summed E-state index contributed by atoms with van der Waals surface area (Å²) in [5.41, 5.74) is 2.90. The lowest BCUT2D eigenvalue weighted by Gasteiger charge is -2.26. The van der Waals surface area contributed by atoms with Gasteiger partial charge in [0, 0.05) is 12.2 Å². The van der Waals surface area contributed by atoms with Gasteiger partial charge < -0.3 is 10.1 Å². The van der Waals surface area contributed by atoms with E-state index < -0.39 is 0 Å². The van der Waals surface area contributed by atoms with E-state index in [1.165, 1.54) is 4.90 Å². The molecule has 1 aromatic rings. The lowest BCUT2D eigenvalue weighted by atomic mass is 10.0. The van der Waals surface area contributed by atoms with Crippen LogP contribution in [0.3, 0.4) is 0 Å². The lowest BCUT2D eigenvalue weighted by molar-refractivity contribution is -0.138. The first-order valence-electron chi connectivity index (χ1n) is 6.06. The summed E-state index contributed by atoms with van der Waals surface area (Å²) < 4.78 is 4.91. The van der Waals surface area contributed by atoms with Gasteiger partial charge in [-0.25, -0.2) is 4.90 Å². The van der Waals surface area contributed by atoms with Crippen LogP contribution in [0.5, 0.6) is 0 Å². The third-order valence-electron chi connectivity index (χ3n) is 3.24. The lowest BCUT2D eigenvalue weighted by Crippen LogP contribution is -2.46. The molecule has 0 unspecified atom stereocenters. The number of carbonyl (C=O) groups excluding carboxylic acids is 2. The minimum atomic E-state index is -0.296. The van der Waals surface area contributed by atoms with Crippen molar-refractivity contribution in [2.24, 2.45) is 0 Å². The number of carbonyl (C=O) groups is 2. The summed E-state index contributed by atoms with van der Waals surface area (Å²) in [4.78, 5) is 24.7. The molecule has 18 heavy (non-hydrogen) atoms. The molecule has 2 amide bonds.